The zero-order valence-electron chi connectivity index (χ0n) is 8.32. The summed E-state index contributed by atoms with van der Waals surface area (Å²) in [5.74, 6) is 0.682. The first-order valence-corrected chi connectivity index (χ1v) is 5.22. The number of aromatic nitrogens is 2. The Morgan fingerprint density at radius 1 is 1.38 bits per heavy atom. The molecule has 2 rings (SSSR count). The van der Waals surface area contributed by atoms with Crippen LogP contribution in [0.1, 0.15) is 11.7 Å². The van der Waals surface area contributed by atoms with Crippen molar-refractivity contribution in [2.24, 2.45) is 4.99 Å². The second-order valence-electron chi connectivity index (χ2n) is 3.00. The van der Waals surface area contributed by atoms with Crippen molar-refractivity contribution in [1.29, 1.82) is 0 Å². The van der Waals surface area contributed by atoms with Gasteiger partial charge in [0.05, 0.1) is 10.7 Å². The average molecular weight is 256 g/mol. The summed E-state index contributed by atoms with van der Waals surface area (Å²) >= 11 is 11.8. The van der Waals surface area contributed by atoms with Crippen LogP contribution in [-0.2, 0) is 0 Å². The van der Waals surface area contributed by atoms with Gasteiger partial charge in [-0.3, -0.25) is 0 Å². The van der Waals surface area contributed by atoms with E-state index >= 15 is 0 Å². The van der Waals surface area contributed by atoms with Crippen molar-refractivity contribution < 1.29 is 4.52 Å². The van der Waals surface area contributed by atoms with Gasteiger partial charge in [0.1, 0.15) is 0 Å². The first kappa shape index (κ1) is 11.1. The van der Waals surface area contributed by atoms with Crippen molar-refractivity contribution in [3.63, 3.8) is 0 Å². The van der Waals surface area contributed by atoms with Gasteiger partial charge in [0.2, 0.25) is 0 Å². The van der Waals surface area contributed by atoms with Crippen LogP contribution in [0.25, 0.3) is 0 Å². The molecule has 0 N–H and O–H groups in total. The van der Waals surface area contributed by atoms with Crippen LogP contribution < -0.4 is 0 Å². The number of rotatable bonds is 2. The van der Waals surface area contributed by atoms with Gasteiger partial charge in [0, 0.05) is 0 Å². The fraction of sp³-hybridized carbons (Fsp3) is 0.100. The molecule has 82 valence electrons. The number of aryl methyl sites for hydroxylation is 1. The summed E-state index contributed by atoms with van der Waals surface area (Å²) in [6.07, 6.45) is 0. The van der Waals surface area contributed by atoms with E-state index < -0.39 is 0 Å². The van der Waals surface area contributed by atoms with Gasteiger partial charge in [-0.05, 0) is 19.1 Å². The van der Waals surface area contributed by atoms with Gasteiger partial charge in [-0.15, -0.1) is 0 Å². The number of aliphatic imine (C=N–C) groups is 1. The van der Waals surface area contributed by atoms with Crippen molar-refractivity contribution in [1.82, 2.24) is 10.1 Å². The van der Waals surface area contributed by atoms with Crippen LogP contribution >= 0.6 is 23.2 Å². The largest absolute Gasteiger partial charge is 0.331 e. The molecule has 0 aliphatic heterocycles. The molecule has 0 radical (unpaired) electrons. The third kappa shape index (κ3) is 2.40. The van der Waals surface area contributed by atoms with Crippen LogP contribution in [0.5, 0.6) is 0 Å². The molecule has 0 atom stereocenters. The van der Waals surface area contributed by atoms with Crippen LogP contribution in [0.2, 0.25) is 5.02 Å². The molecule has 0 aliphatic rings. The summed E-state index contributed by atoms with van der Waals surface area (Å²) in [5, 5.41) is 4.25. The highest BCUT2D eigenvalue weighted by Crippen LogP contribution is 2.25. The molecule has 6 heteroatoms. The monoisotopic (exact) mass is 255 g/mol. The molecule has 1 aromatic carbocycles. The van der Waals surface area contributed by atoms with Crippen molar-refractivity contribution in [2.75, 3.05) is 0 Å². The second kappa shape index (κ2) is 4.63. The smallest absolute Gasteiger partial charge is 0.288 e. The lowest BCUT2D eigenvalue weighted by atomic mass is 10.3. The molecule has 0 aliphatic carbocycles. The third-order valence-electron chi connectivity index (χ3n) is 1.78. The van der Waals surface area contributed by atoms with Crippen LogP contribution in [0.3, 0.4) is 0 Å². The van der Waals surface area contributed by atoms with Crippen LogP contribution in [-0.4, -0.2) is 15.3 Å². The Morgan fingerprint density at radius 2 is 2.12 bits per heavy atom. The summed E-state index contributed by atoms with van der Waals surface area (Å²) in [4.78, 5) is 8.05. The zero-order valence-corrected chi connectivity index (χ0v) is 9.83. The number of hydrogen-bond acceptors (Lipinski definition) is 4. The SMILES string of the molecule is Cc1noc(/C(Cl)=N/c2ccccc2Cl)n1. The summed E-state index contributed by atoms with van der Waals surface area (Å²) in [5.41, 5.74) is 0.560. The van der Waals surface area contributed by atoms with Gasteiger partial charge in [-0.2, -0.15) is 4.98 Å². The lowest BCUT2D eigenvalue weighted by molar-refractivity contribution is 0.407. The minimum Gasteiger partial charge on any atom is -0.331 e. The van der Waals surface area contributed by atoms with Crippen molar-refractivity contribution in [3.05, 3.63) is 41.0 Å². The first-order chi connectivity index (χ1) is 7.66. The number of hydrogen-bond donors (Lipinski definition) is 0. The van der Waals surface area contributed by atoms with E-state index in [-0.39, 0.29) is 11.1 Å². The molecule has 4 nitrogen and oxygen atoms in total. The average Bonchev–Trinajstić information content (AvgIpc) is 2.68. The van der Waals surface area contributed by atoms with Crippen molar-refractivity contribution in [3.8, 4) is 0 Å². The maximum Gasteiger partial charge on any atom is 0.288 e. The molecule has 1 aromatic heterocycles. The van der Waals surface area contributed by atoms with Gasteiger partial charge in [0.15, 0.2) is 11.0 Å². The minimum atomic E-state index is 0.119. The Morgan fingerprint density at radius 3 is 2.75 bits per heavy atom. The molecule has 0 saturated carbocycles. The predicted octanol–water partition coefficient (Wildman–Crippen LogP) is 3.35. The van der Waals surface area contributed by atoms with Crippen LogP contribution in [0.15, 0.2) is 33.8 Å². The Kier molecular flexibility index (Phi) is 3.22. The fourth-order valence-corrected chi connectivity index (χ4v) is 1.42. The van der Waals surface area contributed by atoms with E-state index in [0.29, 0.717) is 16.5 Å². The van der Waals surface area contributed by atoms with Gasteiger partial charge in [0.25, 0.3) is 5.89 Å². The highest BCUT2D eigenvalue weighted by molar-refractivity contribution is 6.69. The molecule has 16 heavy (non-hydrogen) atoms. The van der Waals surface area contributed by atoms with Crippen molar-refractivity contribution in [2.45, 2.75) is 6.92 Å². The standard InChI is InChI=1S/C10H7Cl2N3O/c1-6-13-10(16-15-6)9(12)14-8-5-3-2-4-7(8)11/h2-5H,1H3/b14-9-. The lowest BCUT2D eigenvalue weighted by Gasteiger charge is -1.96. The lowest BCUT2D eigenvalue weighted by Crippen LogP contribution is -1.90. The fourth-order valence-electron chi connectivity index (χ4n) is 1.08. The van der Waals surface area contributed by atoms with E-state index in [2.05, 4.69) is 15.1 Å². The molecule has 0 saturated heterocycles. The topological polar surface area (TPSA) is 51.3 Å². The molecular weight excluding hydrogens is 249 g/mol. The number of para-hydroxylation sites is 1. The van der Waals surface area contributed by atoms with E-state index in [1.165, 1.54) is 0 Å². The maximum absolute atomic E-state index is 5.93. The molecule has 0 spiro atoms. The highest BCUT2D eigenvalue weighted by atomic mass is 35.5. The molecule has 1 heterocycles. The van der Waals surface area contributed by atoms with Gasteiger partial charge < -0.3 is 4.52 Å². The van der Waals surface area contributed by atoms with E-state index in [1.807, 2.05) is 12.1 Å². The van der Waals surface area contributed by atoms with Crippen LogP contribution in [0.4, 0.5) is 5.69 Å². The summed E-state index contributed by atoms with van der Waals surface area (Å²) < 4.78 is 4.87. The summed E-state index contributed by atoms with van der Waals surface area (Å²) in [6.45, 7) is 1.70. The molecule has 0 unspecified atom stereocenters. The number of halogens is 2. The predicted molar refractivity (Wildman–Crippen MR) is 62.5 cm³/mol. The van der Waals surface area contributed by atoms with E-state index in [4.69, 9.17) is 27.7 Å². The Bertz CT molecular complexity index is 536. The molecule has 2 aromatic rings. The Balaban J connectivity index is 2.35. The first-order valence-electron chi connectivity index (χ1n) is 4.46. The molecular formula is C10H7Cl2N3O. The summed E-state index contributed by atoms with van der Waals surface area (Å²) in [7, 11) is 0. The van der Waals surface area contributed by atoms with E-state index in [9.17, 15) is 0 Å². The third-order valence-corrected chi connectivity index (χ3v) is 2.34. The minimum absolute atomic E-state index is 0.119. The highest BCUT2D eigenvalue weighted by Gasteiger charge is 2.09. The molecule has 0 bridgehead atoms. The number of benzene rings is 1. The molecule has 0 fully saturated rings. The maximum atomic E-state index is 5.93. The number of nitrogens with zero attached hydrogens (tertiary/aromatic N) is 3. The van der Waals surface area contributed by atoms with Gasteiger partial charge in [-0.25, -0.2) is 4.99 Å². The Hall–Kier alpha value is -1.39. The van der Waals surface area contributed by atoms with Gasteiger partial charge >= 0.3 is 0 Å². The summed E-state index contributed by atoms with van der Waals surface area (Å²) in [6, 6.07) is 7.09. The van der Waals surface area contributed by atoms with Crippen molar-refractivity contribution >= 4 is 34.1 Å². The normalized spacial score (nSPS) is 11.8. The van der Waals surface area contributed by atoms with Gasteiger partial charge in [-0.1, -0.05) is 40.5 Å². The Labute approximate surface area is 102 Å². The molecule has 0 amide bonds. The van der Waals surface area contributed by atoms with E-state index in [1.54, 1.807) is 19.1 Å². The quantitative estimate of drug-likeness (QED) is 0.774. The van der Waals surface area contributed by atoms with Crippen LogP contribution in [0, 0.1) is 6.92 Å². The second-order valence-corrected chi connectivity index (χ2v) is 3.77. The van der Waals surface area contributed by atoms with E-state index in [0.717, 1.165) is 0 Å². The zero-order chi connectivity index (χ0) is 11.5.